The molecule has 2 heterocycles. The van der Waals surface area contributed by atoms with E-state index in [1.165, 1.54) is 29.2 Å². The number of aromatic amines is 1. The maximum atomic E-state index is 13.8. The molecule has 1 saturated heterocycles. The van der Waals surface area contributed by atoms with Crippen molar-refractivity contribution in [1.29, 1.82) is 0 Å². The normalized spacial score (nSPS) is 16.9. The first kappa shape index (κ1) is 25.3. The maximum Gasteiger partial charge on any atom is 0.302 e. The van der Waals surface area contributed by atoms with Crippen LogP contribution in [-0.2, 0) is 9.59 Å². The predicted molar refractivity (Wildman–Crippen MR) is 144 cm³/mol. The Kier molecular flexibility index (Phi) is 6.54. The number of hydrogen-bond donors (Lipinski definition) is 2. The number of nitrogens with one attached hydrogen (secondary N) is 1. The Morgan fingerprint density at radius 1 is 1.13 bits per heavy atom. The molecule has 1 aromatic heterocycles. The summed E-state index contributed by atoms with van der Waals surface area (Å²) < 4.78 is 19.4. The molecule has 1 amide bonds. The van der Waals surface area contributed by atoms with Gasteiger partial charge in [0.2, 0.25) is 5.95 Å². The van der Waals surface area contributed by atoms with E-state index in [2.05, 4.69) is 9.97 Å². The van der Waals surface area contributed by atoms with Gasteiger partial charge in [-0.25, -0.2) is 9.37 Å². The third kappa shape index (κ3) is 4.35. The SMILES string of the molecule is CCOc1cc(/C(O)=C2\C(=O)C(=O)N(c3nc4ccc(F)cc4[nH]3)C2c2ccc(N(C)C)cc2)ccc1Cl. The zero-order chi connectivity index (χ0) is 27.1. The van der Waals surface area contributed by atoms with E-state index < -0.39 is 23.5 Å². The number of carbonyl (C=O) groups excluding carboxylic acids is 2. The van der Waals surface area contributed by atoms with Crippen molar-refractivity contribution >= 4 is 51.7 Å². The number of hydrogen-bond acceptors (Lipinski definition) is 6. The molecule has 194 valence electrons. The molecule has 0 saturated carbocycles. The van der Waals surface area contributed by atoms with Crippen LogP contribution in [0.15, 0.2) is 66.2 Å². The Labute approximate surface area is 222 Å². The molecular weight excluding hydrogens is 511 g/mol. The average Bonchev–Trinajstić information content (AvgIpc) is 3.42. The third-order valence-electron chi connectivity index (χ3n) is 6.33. The summed E-state index contributed by atoms with van der Waals surface area (Å²) in [5, 5.41) is 11.7. The van der Waals surface area contributed by atoms with Gasteiger partial charge < -0.3 is 19.7 Å². The number of halogens is 2. The molecule has 1 atom stereocenters. The predicted octanol–water partition coefficient (Wildman–Crippen LogP) is 5.45. The zero-order valence-electron chi connectivity index (χ0n) is 20.8. The zero-order valence-corrected chi connectivity index (χ0v) is 21.6. The van der Waals surface area contributed by atoms with Crippen molar-refractivity contribution in [2.75, 3.05) is 30.5 Å². The molecule has 0 spiro atoms. The van der Waals surface area contributed by atoms with Gasteiger partial charge >= 0.3 is 5.91 Å². The van der Waals surface area contributed by atoms with Crippen molar-refractivity contribution in [3.8, 4) is 5.75 Å². The summed E-state index contributed by atoms with van der Waals surface area (Å²) in [5.41, 5.74) is 2.40. The molecule has 1 aliphatic heterocycles. The highest BCUT2D eigenvalue weighted by Crippen LogP contribution is 2.42. The lowest BCUT2D eigenvalue weighted by Gasteiger charge is -2.24. The first-order valence-electron chi connectivity index (χ1n) is 11.9. The van der Waals surface area contributed by atoms with Crippen LogP contribution >= 0.6 is 11.6 Å². The van der Waals surface area contributed by atoms with Crippen LogP contribution in [0.2, 0.25) is 5.02 Å². The van der Waals surface area contributed by atoms with E-state index in [0.717, 1.165) is 5.69 Å². The van der Waals surface area contributed by atoms with Crippen LogP contribution in [0.25, 0.3) is 16.8 Å². The number of rotatable bonds is 6. The fourth-order valence-electron chi connectivity index (χ4n) is 4.48. The first-order valence-corrected chi connectivity index (χ1v) is 12.2. The van der Waals surface area contributed by atoms with Gasteiger partial charge in [0.25, 0.3) is 5.78 Å². The Morgan fingerprint density at radius 3 is 2.55 bits per heavy atom. The highest BCUT2D eigenvalue weighted by Gasteiger charge is 2.48. The molecular formula is C28H24ClFN4O4. The van der Waals surface area contributed by atoms with Crippen LogP contribution < -0.4 is 14.5 Å². The van der Waals surface area contributed by atoms with Gasteiger partial charge in [0.05, 0.1) is 34.3 Å². The molecule has 3 aromatic carbocycles. The van der Waals surface area contributed by atoms with E-state index in [1.54, 1.807) is 31.2 Å². The van der Waals surface area contributed by atoms with Crippen LogP contribution in [0.5, 0.6) is 5.75 Å². The van der Waals surface area contributed by atoms with Crippen molar-refractivity contribution < 1.29 is 23.8 Å². The van der Waals surface area contributed by atoms with Crippen molar-refractivity contribution in [2.24, 2.45) is 0 Å². The quantitative estimate of drug-likeness (QED) is 0.194. The fraction of sp³-hybridized carbons (Fsp3) is 0.179. The molecule has 4 aromatic rings. The van der Waals surface area contributed by atoms with Crippen LogP contribution in [0.3, 0.4) is 0 Å². The maximum absolute atomic E-state index is 13.8. The van der Waals surface area contributed by atoms with Gasteiger partial charge in [-0.1, -0.05) is 23.7 Å². The summed E-state index contributed by atoms with van der Waals surface area (Å²) in [6, 6.07) is 14.8. The summed E-state index contributed by atoms with van der Waals surface area (Å²) in [6.07, 6.45) is 0. The molecule has 10 heteroatoms. The number of nitrogens with zero attached hydrogens (tertiary/aromatic N) is 3. The Bertz CT molecular complexity index is 1600. The first-order chi connectivity index (χ1) is 18.2. The number of aliphatic hydroxyl groups excluding tert-OH is 1. The van der Waals surface area contributed by atoms with Gasteiger partial charge in [-0.15, -0.1) is 0 Å². The van der Waals surface area contributed by atoms with E-state index in [9.17, 15) is 19.1 Å². The molecule has 0 aliphatic carbocycles. The third-order valence-corrected chi connectivity index (χ3v) is 6.65. The van der Waals surface area contributed by atoms with Crippen LogP contribution in [0.4, 0.5) is 16.0 Å². The second-order valence-electron chi connectivity index (χ2n) is 8.96. The minimum Gasteiger partial charge on any atom is -0.507 e. The Morgan fingerprint density at radius 2 is 1.87 bits per heavy atom. The number of carbonyl (C=O) groups is 2. The number of Topliss-reactive ketones (excluding diaryl/α,β-unsaturated/α-hetero) is 1. The lowest BCUT2D eigenvalue weighted by molar-refractivity contribution is -0.132. The van der Waals surface area contributed by atoms with Crippen molar-refractivity contribution in [3.63, 3.8) is 0 Å². The number of imidazole rings is 1. The van der Waals surface area contributed by atoms with Gasteiger partial charge in [0.15, 0.2) is 0 Å². The van der Waals surface area contributed by atoms with Crippen molar-refractivity contribution in [2.45, 2.75) is 13.0 Å². The second-order valence-corrected chi connectivity index (χ2v) is 9.36. The van der Waals surface area contributed by atoms with E-state index in [4.69, 9.17) is 16.3 Å². The molecule has 1 aliphatic rings. The van der Waals surface area contributed by atoms with Gasteiger partial charge in [-0.2, -0.15) is 0 Å². The number of anilines is 2. The van der Waals surface area contributed by atoms with Gasteiger partial charge in [0, 0.05) is 25.3 Å². The topological polar surface area (TPSA) is 98.8 Å². The summed E-state index contributed by atoms with van der Waals surface area (Å²) in [5.74, 6) is -2.24. The van der Waals surface area contributed by atoms with E-state index in [0.29, 0.717) is 34.0 Å². The largest absolute Gasteiger partial charge is 0.507 e. The van der Waals surface area contributed by atoms with Gasteiger partial charge in [0.1, 0.15) is 17.3 Å². The molecule has 0 bridgehead atoms. The molecule has 1 fully saturated rings. The minimum atomic E-state index is -1.01. The lowest BCUT2D eigenvalue weighted by Crippen LogP contribution is -2.30. The van der Waals surface area contributed by atoms with E-state index in [-0.39, 0.29) is 22.8 Å². The standard InChI is InChI=1S/C28H24ClFN4O4/c1-4-38-22-13-16(7-11-19(22)29)25(35)23-24(15-5-9-18(10-6-15)33(2)3)34(27(37)26(23)36)28-31-20-12-8-17(30)14-21(20)32-28/h5-14,24,35H,4H2,1-3H3,(H,31,32)/b25-23+. The summed E-state index contributed by atoms with van der Waals surface area (Å²) in [6.45, 7) is 2.14. The lowest BCUT2D eigenvalue weighted by atomic mass is 9.95. The smallest absolute Gasteiger partial charge is 0.302 e. The molecule has 8 nitrogen and oxygen atoms in total. The molecule has 5 rings (SSSR count). The number of amides is 1. The average molecular weight is 535 g/mol. The number of ether oxygens (including phenoxy) is 1. The van der Waals surface area contributed by atoms with Gasteiger partial charge in [-0.05, 0) is 61.0 Å². The molecule has 2 N–H and O–H groups in total. The molecule has 1 unspecified atom stereocenters. The highest BCUT2D eigenvalue weighted by atomic mass is 35.5. The number of H-pyrrole nitrogens is 1. The number of aliphatic hydroxyl groups is 1. The Balaban J connectivity index is 1.71. The molecule has 0 radical (unpaired) electrons. The number of aromatic nitrogens is 2. The minimum absolute atomic E-state index is 0.0551. The summed E-state index contributed by atoms with van der Waals surface area (Å²) in [4.78, 5) is 37.3. The Hall–Kier alpha value is -4.37. The van der Waals surface area contributed by atoms with Crippen LogP contribution in [0.1, 0.15) is 24.1 Å². The monoisotopic (exact) mass is 534 g/mol. The summed E-state index contributed by atoms with van der Waals surface area (Å²) >= 11 is 6.21. The van der Waals surface area contributed by atoms with Crippen molar-refractivity contribution in [3.05, 3.63) is 88.2 Å². The van der Waals surface area contributed by atoms with Gasteiger partial charge in [-0.3, -0.25) is 14.5 Å². The van der Waals surface area contributed by atoms with Crippen LogP contribution in [0, 0.1) is 5.82 Å². The van der Waals surface area contributed by atoms with Crippen LogP contribution in [-0.4, -0.2) is 47.5 Å². The fourth-order valence-corrected chi connectivity index (χ4v) is 4.65. The molecule has 38 heavy (non-hydrogen) atoms. The highest BCUT2D eigenvalue weighted by molar-refractivity contribution is 6.51. The van der Waals surface area contributed by atoms with E-state index in [1.807, 2.05) is 31.1 Å². The van der Waals surface area contributed by atoms with Crippen molar-refractivity contribution in [1.82, 2.24) is 9.97 Å². The number of ketones is 1. The second kappa shape index (κ2) is 9.83. The number of fused-ring (bicyclic) bond motifs is 1. The summed E-state index contributed by atoms with van der Waals surface area (Å²) in [7, 11) is 3.79. The van der Waals surface area contributed by atoms with E-state index >= 15 is 0 Å². The number of benzene rings is 3.